The molecule has 2 rings (SSSR count). The summed E-state index contributed by atoms with van der Waals surface area (Å²) in [6.07, 6.45) is 0.688. The summed E-state index contributed by atoms with van der Waals surface area (Å²) in [5.74, 6) is 6.43. The van der Waals surface area contributed by atoms with Crippen molar-refractivity contribution in [2.45, 2.75) is 12.5 Å². The van der Waals surface area contributed by atoms with Crippen LogP contribution in [-0.2, 0) is 6.42 Å². The van der Waals surface area contributed by atoms with Crippen LogP contribution in [0.25, 0.3) is 0 Å². The van der Waals surface area contributed by atoms with E-state index in [4.69, 9.17) is 33.8 Å². The zero-order chi connectivity index (χ0) is 14.5. The molecule has 0 radical (unpaired) electrons. The van der Waals surface area contributed by atoms with E-state index in [0.717, 1.165) is 16.9 Å². The van der Waals surface area contributed by atoms with Crippen LogP contribution in [0.5, 0.6) is 5.75 Å². The number of methoxy groups -OCH3 is 1. The van der Waals surface area contributed by atoms with Gasteiger partial charge in [0.05, 0.1) is 13.2 Å². The van der Waals surface area contributed by atoms with Gasteiger partial charge in [-0.2, -0.15) is 0 Å². The molecule has 20 heavy (non-hydrogen) atoms. The van der Waals surface area contributed by atoms with Crippen molar-refractivity contribution in [2.75, 3.05) is 7.11 Å². The summed E-state index contributed by atoms with van der Waals surface area (Å²) in [7, 11) is 1.62. The second-order valence-electron chi connectivity index (χ2n) is 4.44. The molecule has 0 heterocycles. The Hall–Kier alpha value is -1.26. The highest BCUT2D eigenvalue weighted by Gasteiger charge is 2.16. The molecule has 0 aliphatic carbocycles. The predicted octanol–water partition coefficient (Wildman–Crippen LogP) is 3.75. The lowest BCUT2D eigenvalue weighted by Gasteiger charge is -2.19. The largest absolute Gasteiger partial charge is 0.496 e. The van der Waals surface area contributed by atoms with Gasteiger partial charge in [-0.3, -0.25) is 11.3 Å². The van der Waals surface area contributed by atoms with Crippen LogP contribution in [0.4, 0.5) is 0 Å². The minimum Gasteiger partial charge on any atom is -0.496 e. The van der Waals surface area contributed by atoms with Crippen molar-refractivity contribution in [3.05, 3.63) is 63.6 Å². The van der Waals surface area contributed by atoms with Crippen molar-refractivity contribution in [3.63, 3.8) is 0 Å². The first-order valence-corrected chi connectivity index (χ1v) is 6.93. The third kappa shape index (κ3) is 3.64. The smallest absolute Gasteiger partial charge is 0.123 e. The molecule has 2 aromatic rings. The number of ether oxygens (including phenoxy) is 1. The second-order valence-corrected chi connectivity index (χ2v) is 5.31. The molecule has 3 nitrogen and oxygen atoms in total. The highest BCUT2D eigenvalue weighted by molar-refractivity contribution is 6.31. The summed E-state index contributed by atoms with van der Waals surface area (Å²) in [4.78, 5) is 0. The first-order chi connectivity index (χ1) is 9.63. The molecule has 3 N–H and O–H groups in total. The van der Waals surface area contributed by atoms with Crippen LogP contribution in [-0.4, -0.2) is 7.11 Å². The molecule has 106 valence electrons. The van der Waals surface area contributed by atoms with Gasteiger partial charge in [0.1, 0.15) is 5.75 Å². The van der Waals surface area contributed by atoms with Gasteiger partial charge in [0.2, 0.25) is 0 Å². The monoisotopic (exact) mass is 310 g/mol. The SMILES string of the molecule is COc1ccc(Cl)cc1C(Cc1cccc(Cl)c1)NN. The Bertz CT molecular complexity index is 590. The van der Waals surface area contributed by atoms with Crippen molar-refractivity contribution in [3.8, 4) is 5.75 Å². The van der Waals surface area contributed by atoms with Crippen LogP contribution < -0.4 is 16.0 Å². The summed E-state index contributed by atoms with van der Waals surface area (Å²) >= 11 is 12.1. The molecule has 0 saturated heterocycles. The molecule has 0 aliphatic heterocycles. The van der Waals surface area contributed by atoms with Gasteiger partial charge in [0.25, 0.3) is 0 Å². The highest BCUT2D eigenvalue weighted by atomic mass is 35.5. The number of hydrogen-bond acceptors (Lipinski definition) is 3. The number of hydrazine groups is 1. The molecule has 0 fully saturated rings. The van der Waals surface area contributed by atoms with E-state index in [2.05, 4.69) is 5.43 Å². The molecule has 0 aromatic heterocycles. The number of nitrogens with one attached hydrogen (secondary N) is 1. The summed E-state index contributed by atoms with van der Waals surface area (Å²) in [5.41, 5.74) is 4.81. The lowest BCUT2D eigenvalue weighted by atomic mass is 9.98. The van der Waals surface area contributed by atoms with E-state index in [1.807, 2.05) is 36.4 Å². The number of benzene rings is 2. The van der Waals surface area contributed by atoms with Crippen LogP contribution in [0.3, 0.4) is 0 Å². The van der Waals surface area contributed by atoms with Crippen molar-refractivity contribution in [1.82, 2.24) is 5.43 Å². The molecular weight excluding hydrogens is 295 g/mol. The van der Waals surface area contributed by atoms with Gasteiger partial charge in [-0.25, -0.2) is 0 Å². The molecule has 5 heteroatoms. The van der Waals surface area contributed by atoms with Crippen LogP contribution in [0.15, 0.2) is 42.5 Å². The van der Waals surface area contributed by atoms with Gasteiger partial charge in [-0.1, -0.05) is 35.3 Å². The number of halogens is 2. The zero-order valence-corrected chi connectivity index (χ0v) is 12.6. The molecule has 0 saturated carbocycles. The Morgan fingerprint density at radius 1 is 1.15 bits per heavy atom. The van der Waals surface area contributed by atoms with Gasteiger partial charge >= 0.3 is 0 Å². The summed E-state index contributed by atoms with van der Waals surface area (Å²) in [5, 5.41) is 1.35. The Labute approximate surface area is 128 Å². The second kappa shape index (κ2) is 6.95. The van der Waals surface area contributed by atoms with Gasteiger partial charge in [-0.05, 0) is 42.3 Å². The topological polar surface area (TPSA) is 47.3 Å². The first-order valence-electron chi connectivity index (χ1n) is 6.18. The van der Waals surface area contributed by atoms with E-state index >= 15 is 0 Å². The van der Waals surface area contributed by atoms with E-state index in [1.165, 1.54) is 0 Å². The minimum absolute atomic E-state index is 0.109. The Balaban J connectivity index is 2.30. The van der Waals surface area contributed by atoms with E-state index in [0.29, 0.717) is 16.5 Å². The molecule has 2 aromatic carbocycles. The van der Waals surface area contributed by atoms with Gasteiger partial charge in [0.15, 0.2) is 0 Å². The summed E-state index contributed by atoms with van der Waals surface area (Å²) in [6.45, 7) is 0. The van der Waals surface area contributed by atoms with E-state index in [-0.39, 0.29) is 6.04 Å². The van der Waals surface area contributed by atoms with Crippen molar-refractivity contribution < 1.29 is 4.74 Å². The molecular formula is C15H16Cl2N2O. The minimum atomic E-state index is -0.109. The Morgan fingerprint density at radius 3 is 2.55 bits per heavy atom. The fraction of sp³-hybridized carbons (Fsp3) is 0.200. The van der Waals surface area contributed by atoms with Crippen LogP contribution in [0.1, 0.15) is 17.2 Å². The van der Waals surface area contributed by atoms with E-state index in [1.54, 1.807) is 13.2 Å². The number of rotatable bonds is 5. The number of nitrogens with two attached hydrogens (primary N) is 1. The van der Waals surface area contributed by atoms with Crippen LogP contribution in [0.2, 0.25) is 10.0 Å². The van der Waals surface area contributed by atoms with Crippen LogP contribution in [0, 0.1) is 0 Å². The molecule has 1 unspecified atom stereocenters. The van der Waals surface area contributed by atoms with E-state index in [9.17, 15) is 0 Å². The lowest BCUT2D eigenvalue weighted by molar-refractivity contribution is 0.399. The van der Waals surface area contributed by atoms with E-state index < -0.39 is 0 Å². The molecule has 0 spiro atoms. The Morgan fingerprint density at radius 2 is 1.90 bits per heavy atom. The maximum absolute atomic E-state index is 6.06. The molecule has 1 atom stereocenters. The molecule has 0 bridgehead atoms. The quantitative estimate of drug-likeness (QED) is 0.653. The van der Waals surface area contributed by atoms with Crippen molar-refractivity contribution >= 4 is 23.2 Å². The van der Waals surface area contributed by atoms with Gasteiger partial charge < -0.3 is 4.74 Å². The average molecular weight is 311 g/mol. The summed E-state index contributed by atoms with van der Waals surface area (Å²) in [6, 6.07) is 13.1. The summed E-state index contributed by atoms with van der Waals surface area (Å²) < 4.78 is 5.36. The predicted molar refractivity (Wildman–Crippen MR) is 83.2 cm³/mol. The third-order valence-corrected chi connectivity index (χ3v) is 3.57. The first kappa shape index (κ1) is 15.1. The standard InChI is InChI=1S/C15H16Cl2N2O/c1-20-15-6-5-12(17)9-13(15)14(19-18)8-10-3-2-4-11(16)7-10/h2-7,9,14,19H,8,18H2,1H3. The highest BCUT2D eigenvalue weighted by Crippen LogP contribution is 2.30. The zero-order valence-electron chi connectivity index (χ0n) is 11.1. The maximum atomic E-state index is 6.06. The molecule has 0 amide bonds. The number of hydrogen-bond donors (Lipinski definition) is 2. The molecule has 0 aliphatic rings. The fourth-order valence-electron chi connectivity index (χ4n) is 2.14. The lowest BCUT2D eigenvalue weighted by Crippen LogP contribution is -2.30. The van der Waals surface area contributed by atoms with Crippen molar-refractivity contribution in [2.24, 2.45) is 5.84 Å². The van der Waals surface area contributed by atoms with Gasteiger partial charge in [0, 0.05) is 15.6 Å². The Kier molecular flexibility index (Phi) is 5.26. The normalized spacial score (nSPS) is 12.2. The third-order valence-electron chi connectivity index (χ3n) is 3.10. The van der Waals surface area contributed by atoms with Crippen LogP contribution >= 0.6 is 23.2 Å². The van der Waals surface area contributed by atoms with Gasteiger partial charge in [-0.15, -0.1) is 0 Å². The maximum Gasteiger partial charge on any atom is 0.123 e. The fourth-order valence-corrected chi connectivity index (χ4v) is 2.53. The average Bonchev–Trinajstić information content (AvgIpc) is 2.45. The van der Waals surface area contributed by atoms with Crippen molar-refractivity contribution in [1.29, 1.82) is 0 Å².